The van der Waals surface area contributed by atoms with E-state index in [9.17, 15) is 0 Å². The molecule has 0 atom stereocenters. The number of halogens is 1. The Morgan fingerprint density at radius 3 is 2.93 bits per heavy atom. The van der Waals surface area contributed by atoms with Crippen LogP contribution in [0.25, 0.3) is 0 Å². The predicted molar refractivity (Wildman–Crippen MR) is 71.2 cm³/mol. The van der Waals surface area contributed by atoms with E-state index in [-0.39, 0.29) is 0 Å². The van der Waals surface area contributed by atoms with Crippen molar-refractivity contribution in [2.75, 3.05) is 6.26 Å². The summed E-state index contributed by atoms with van der Waals surface area (Å²) >= 11 is 10.5. The van der Waals surface area contributed by atoms with Gasteiger partial charge in [-0.3, -0.25) is 0 Å². The number of hydrogen-bond acceptors (Lipinski definition) is 5. The molecule has 0 aliphatic rings. The van der Waals surface area contributed by atoms with E-state index in [1.807, 2.05) is 23.8 Å². The van der Waals surface area contributed by atoms with Crippen molar-refractivity contribution in [1.82, 2.24) is 4.98 Å². The van der Waals surface area contributed by atoms with Crippen LogP contribution in [0.2, 0.25) is 4.34 Å². The highest BCUT2D eigenvalue weighted by molar-refractivity contribution is 8.14. The van der Waals surface area contributed by atoms with Crippen LogP contribution in [0.1, 0.15) is 5.01 Å². The lowest BCUT2D eigenvalue weighted by atomic mass is 10.6. The first-order valence-electron chi connectivity index (χ1n) is 4.07. The van der Waals surface area contributed by atoms with Gasteiger partial charge in [0.05, 0.1) is 4.34 Å². The van der Waals surface area contributed by atoms with Crippen molar-refractivity contribution < 1.29 is 0 Å². The SMILES string of the molecule is CSC(=Nc1ccc(Cl)s1)c1nccs1. The summed E-state index contributed by atoms with van der Waals surface area (Å²) in [5.74, 6) is 0. The monoisotopic (exact) mass is 274 g/mol. The molecule has 2 aromatic heterocycles. The molecule has 0 spiro atoms. The van der Waals surface area contributed by atoms with Gasteiger partial charge < -0.3 is 0 Å². The van der Waals surface area contributed by atoms with Gasteiger partial charge in [0, 0.05) is 11.6 Å². The second kappa shape index (κ2) is 5.12. The zero-order valence-electron chi connectivity index (χ0n) is 7.81. The minimum atomic E-state index is 0.758. The topological polar surface area (TPSA) is 25.2 Å². The molecule has 2 nitrogen and oxygen atoms in total. The van der Waals surface area contributed by atoms with Gasteiger partial charge in [0.1, 0.15) is 15.1 Å². The van der Waals surface area contributed by atoms with E-state index in [0.29, 0.717) is 0 Å². The van der Waals surface area contributed by atoms with Crippen molar-refractivity contribution in [3.05, 3.63) is 33.1 Å². The minimum Gasteiger partial charge on any atom is -0.242 e. The molecule has 2 heterocycles. The maximum Gasteiger partial charge on any atom is 0.148 e. The Labute approximate surface area is 105 Å². The smallest absolute Gasteiger partial charge is 0.148 e. The molecule has 0 aromatic carbocycles. The van der Waals surface area contributed by atoms with E-state index in [4.69, 9.17) is 11.6 Å². The number of thiophene rings is 1. The molecule has 0 radical (unpaired) electrons. The normalized spacial score (nSPS) is 12.0. The first-order chi connectivity index (χ1) is 7.29. The number of thioether (sulfide) groups is 1. The van der Waals surface area contributed by atoms with Crippen LogP contribution in [0.5, 0.6) is 0 Å². The van der Waals surface area contributed by atoms with Crippen LogP contribution in [0.4, 0.5) is 5.00 Å². The Bertz CT molecular complexity index is 461. The van der Waals surface area contributed by atoms with Gasteiger partial charge in [-0.2, -0.15) is 0 Å². The van der Waals surface area contributed by atoms with Crippen molar-refractivity contribution in [2.24, 2.45) is 4.99 Å². The minimum absolute atomic E-state index is 0.758. The van der Waals surface area contributed by atoms with Crippen LogP contribution in [0.3, 0.4) is 0 Å². The maximum absolute atomic E-state index is 5.84. The molecule has 0 unspecified atom stereocenters. The Balaban J connectivity index is 2.31. The molecule has 0 saturated carbocycles. The lowest BCUT2D eigenvalue weighted by Gasteiger charge is -1.96. The molecule has 0 N–H and O–H groups in total. The van der Waals surface area contributed by atoms with Crippen molar-refractivity contribution in [3.63, 3.8) is 0 Å². The highest BCUT2D eigenvalue weighted by Gasteiger charge is 2.05. The average molecular weight is 275 g/mol. The lowest BCUT2D eigenvalue weighted by molar-refractivity contribution is 1.39. The Morgan fingerprint density at radius 2 is 2.40 bits per heavy atom. The fraction of sp³-hybridized carbons (Fsp3) is 0.111. The molecule has 6 heteroatoms. The van der Waals surface area contributed by atoms with E-state index in [2.05, 4.69) is 9.98 Å². The number of aromatic nitrogens is 1. The molecule has 78 valence electrons. The molecule has 0 aliphatic heterocycles. The highest BCUT2D eigenvalue weighted by Crippen LogP contribution is 2.30. The van der Waals surface area contributed by atoms with Gasteiger partial charge in [0.2, 0.25) is 0 Å². The van der Waals surface area contributed by atoms with Gasteiger partial charge in [-0.1, -0.05) is 11.6 Å². The number of thiazole rings is 1. The van der Waals surface area contributed by atoms with Crippen LogP contribution >= 0.6 is 46.0 Å². The van der Waals surface area contributed by atoms with Gasteiger partial charge in [0.25, 0.3) is 0 Å². The van der Waals surface area contributed by atoms with Gasteiger partial charge in [-0.05, 0) is 18.4 Å². The van der Waals surface area contributed by atoms with Crippen molar-refractivity contribution >= 4 is 56.1 Å². The van der Waals surface area contributed by atoms with Crippen LogP contribution in [0, 0.1) is 0 Å². The molecule has 0 amide bonds. The van der Waals surface area contributed by atoms with Crippen molar-refractivity contribution in [1.29, 1.82) is 0 Å². The van der Waals surface area contributed by atoms with Gasteiger partial charge in [0.15, 0.2) is 0 Å². The van der Waals surface area contributed by atoms with E-state index < -0.39 is 0 Å². The third-order valence-corrected chi connectivity index (χ3v) is 4.28. The second-order valence-corrected chi connectivity index (χ2v) is 5.92. The molecule has 2 aromatic rings. The zero-order chi connectivity index (χ0) is 10.7. The van der Waals surface area contributed by atoms with E-state index in [1.54, 1.807) is 29.3 Å². The molecule has 15 heavy (non-hydrogen) atoms. The van der Waals surface area contributed by atoms with Crippen LogP contribution in [-0.4, -0.2) is 16.3 Å². The molecule has 2 rings (SSSR count). The summed E-state index contributed by atoms with van der Waals surface area (Å²) in [6, 6.07) is 3.77. The largest absolute Gasteiger partial charge is 0.242 e. The second-order valence-electron chi connectivity index (χ2n) is 2.54. The van der Waals surface area contributed by atoms with E-state index >= 15 is 0 Å². The first kappa shape index (κ1) is 11.1. The first-order valence-corrected chi connectivity index (χ1v) is 7.37. The summed E-state index contributed by atoms with van der Waals surface area (Å²) in [4.78, 5) is 8.73. The van der Waals surface area contributed by atoms with Crippen LogP contribution < -0.4 is 0 Å². The van der Waals surface area contributed by atoms with E-state index in [1.165, 1.54) is 11.3 Å². The Hall–Kier alpha value is -0.360. The molecule has 0 saturated heterocycles. The summed E-state index contributed by atoms with van der Waals surface area (Å²) in [5, 5.41) is 4.75. The van der Waals surface area contributed by atoms with Gasteiger partial charge >= 0.3 is 0 Å². The number of nitrogens with zero attached hydrogens (tertiary/aromatic N) is 2. The summed E-state index contributed by atoms with van der Waals surface area (Å²) < 4.78 is 0.758. The number of aliphatic imine (C=N–C) groups is 1. The molecule has 0 fully saturated rings. The summed E-state index contributed by atoms with van der Waals surface area (Å²) in [6.45, 7) is 0. The molecule has 0 bridgehead atoms. The molecule has 0 aliphatic carbocycles. The lowest BCUT2D eigenvalue weighted by Crippen LogP contribution is -1.91. The summed E-state index contributed by atoms with van der Waals surface area (Å²) in [6.07, 6.45) is 3.78. The Morgan fingerprint density at radius 1 is 1.53 bits per heavy atom. The Kier molecular flexibility index (Phi) is 3.80. The number of hydrogen-bond donors (Lipinski definition) is 0. The third kappa shape index (κ3) is 2.81. The van der Waals surface area contributed by atoms with Crippen LogP contribution in [0.15, 0.2) is 28.7 Å². The average Bonchev–Trinajstić information content (AvgIpc) is 2.85. The summed E-state index contributed by atoms with van der Waals surface area (Å²) in [5.41, 5.74) is 0. The summed E-state index contributed by atoms with van der Waals surface area (Å²) in [7, 11) is 0. The fourth-order valence-corrected chi connectivity index (χ4v) is 3.27. The maximum atomic E-state index is 5.84. The fourth-order valence-electron chi connectivity index (χ4n) is 0.975. The molecular weight excluding hydrogens is 268 g/mol. The predicted octanol–water partition coefficient (Wildman–Crippen LogP) is 4.30. The number of rotatable bonds is 2. The highest BCUT2D eigenvalue weighted by atomic mass is 35.5. The standard InChI is InChI=1S/C9H7ClN2S3/c1-13-9(8-11-4-5-14-8)12-7-3-2-6(10)15-7/h2-5H,1H3. The third-order valence-electron chi connectivity index (χ3n) is 1.58. The molecular formula is C9H7ClN2S3. The van der Waals surface area contributed by atoms with Crippen LogP contribution in [-0.2, 0) is 0 Å². The van der Waals surface area contributed by atoms with Crippen molar-refractivity contribution in [2.45, 2.75) is 0 Å². The van der Waals surface area contributed by atoms with E-state index in [0.717, 1.165) is 19.4 Å². The quantitative estimate of drug-likeness (QED) is 0.603. The van der Waals surface area contributed by atoms with Gasteiger partial charge in [-0.25, -0.2) is 9.98 Å². The van der Waals surface area contributed by atoms with Gasteiger partial charge in [-0.15, -0.1) is 34.4 Å². The zero-order valence-corrected chi connectivity index (χ0v) is 11.0. The van der Waals surface area contributed by atoms with Crippen molar-refractivity contribution in [3.8, 4) is 0 Å².